The molecular weight excluding hydrogens is 248 g/mol. The van der Waals surface area contributed by atoms with Crippen LogP contribution in [0.5, 0.6) is 0 Å². The molecule has 1 fully saturated rings. The van der Waals surface area contributed by atoms with Crippen LogP contribution in [-0.2, 0) is 4.79 Å². The lowest BCUT2D eigenvalue weighted by Crippen LogP contribution is -2.23. The van der Waals surface area contributed by atoms with Gasteiger partial charge in [0.1, 0.15) is 0 Å². The minimum atomic E-state index is -0.564. The van der Waals surface area contributed by atoms with Gasteiger partial charge in [-0.05, 0) is 0 Å². The van der Waals surface area contributed by atoms with Gasteiger partial charge in [0.05, 0.1) is 16.0 Å². The Morgan fingerprint density at radius 2 is 2.41 bits per heavy atom. The largest absolute Gasteiger partial charge is 0.359 e. The smallest absolute Gasteiger partial charge is 0.312 e. The topological polar surface area (TPSA) is 97.2 Å². The molecule has 1 aromatic heterocycles. The van der Waals surface area contributed by atoms with Gasteiger partial charge in [0.15, 0.2) is 0 Å². The number of amides is 1. The van der Waals surface area contributed by atoms with Crippen LogP contribution in [0, 0.1) is 10.1 Å². The van der Waals surface area contributed by atoms with E-state index in [9.17, 15) is 14.9 Å². The lowest BCUT2D eigenvalue weighted by Gasteiger charge is -2.10. The second-order valence-corrected chi connectivity index (χ2v) is 4.06. The van der Waals surface area contributed by atoms with Crippen LogP contribution in [0.3, 0.4) is 0 Å². The summed E-state index contributed by atoms with van der Waals surface area (Å²) in [6, 6.07) is 1.04. The summed E-state index contributed by atoms with van der Waals surface area (Å²) in [5.41, 5.74) is -0.197. The molecule has 0 radical (unpaired) electrons. The molecule has 17 heavy (non-hydrogen) atoms. The van der Waals surface area contributed by atoms with E-state index in [1.165, 1.54) is 12.3 Å². The van der Waals surface area contributed by atoms with Crippen LogP contribution in [0.25, 0.3) is 0 Å². The number of nitrogens with zero attached hydrogens (tertiary/aromatic N) is 2. The van der Waals surface area contributed by atoms with Crippen molar-refractivity contribution in [3.63, 3.8) is 0 Å². The average Bonchev–Trinajstić information content (AvgIpc) is 2.66. The predicted molar refractivity (Wildman–Crippen MR) is 60.9 cm³/mol. The van der Waals surface area contributed by atoms with Gasteiger partial charge in [0.2, 0.25) is 11.7 Å². The highest BCUT2D eigenvalue weighted by atomic mass is 35.5. The Hall–Kier alpha value is -1.89. The number of carbonyl (C=O) groups excluding carboxylic acids is 1. The van der Waals surface area contributed by atoms with Gasteiger partial charge in [-0.3, -0.25) is 14.9 Å². The van der Waals surface area contributed by atoms with Crippen LogP contribution in [0.15, 0.2) is 12.3 Å². The summed E-state index contributed by atoms with van der Waals surface area (Å²) in [6.07, 6.45) is 1.60. The molecule has 1 aromatic rings. The fourth-order valence-electron chi connectivity index (χ4n) is 1.58. The van der Waals surface area contributed by atoms with Crippen LogP contribution < -0.4 is 10.6 Å². The molecule has 2 rings (SSSR count). The molecule has 90 valence electrons. The SMILES string of the molecule is O=C1CC(Nc2ncc(Cl)cc2[N+](=O)[O-])CN1. The number of anilines is 1. The molecule has 0 saturated carbocycles. The number of pyridine rings is 1. The molecule has 1 amide bonds. The van der Waals surface area contributed by atoms with Crippen LogP contribution in [0.1, 0.15) is 6.42 Å². The first-order valence-electron chi connectivity index (χ1n) is 4.89. The maximum absolute atomic E-state index is 11.0. The maximum Gasteiger partial charge on any atom is 0.312 e. The predicted octanol–water partition coefficient (Wildman–Crippen LogP) is 0.944. The summed E-state index contributed by atoms with van der Waals surface area (Å²) in [5.74, 6) is 0.0417. The average molecular weight is 257 g/mol. The van der Waals surface area contributed by atoms with Crippen molar-refractivity contribution in [2.24, 2.45) is 0 Å². The van der Waals surface area contributed by atoms with Gasteiger partial charge in [-0.15, -0.1) is 0 Å². The Balaban J connectivity index is 2.20. The van der Waals surface area contributed by atoms with Crippen LogP contribution >= 0.6 is 11.6 Å². The number of hydrogen-bond donors (Lipinski definition) is 2. The number of halogens is 1. The highest BCUT2D eigenvalue weighted by Crippen LogP contribution is 2.26. The summed E-state index contributed by atoms with van der Waals surface area (Å²) in [6.45, 7) is 0.431. The van der Waals surface area contributed by atoms with Crippen LogP contribution in [-0.4, -0.2) is 28.4 Å². The van der Waals surface area contributed by atoms with Gasteiger partial charge < -0.3 is 10.6 Å². The van der Waals surface area contributed by atoms with E-state index in [4.69, 9.17) is 11.6 Å². The van der Waals surface area contributed by atoms with Gasteiger partial charge in [-0.1, -0.05) is 11.6 Å². The van der Waals surface area contributed by atoms with E-state index in [2.05, 4.69) is 15.6 Å². The number of carbonyl (C=O) groups is 1. The summed E-state index contributed by atoms with van der Waals surface area (Å²) >= 11 is 5.64. The van der Waals surface area contributed by atoms with E-state index in [1.807, 2.05) is 0 Å². The molecule has 2 N–H and O–H groups in total. The summed E-state index contributed by atoms with van der Waals surface area (Å²) in [5, 5.41) is 16.5. The molecule has 0 aliphatic carbocycles. The van der Waals surface area contributed by atoms with Crippen molar-refractivity contribution in [2.75, 3.05) is 11.9 Å². The monoisotopic (exact) mass is 256 g/mol. The maximum atomic E-state index is 11.0. The van der Waals surface area contributed by atoms with Gasteiger partial charge in [-0.25, -0.2) is 4.98 Å². The Labute approximate surface area is 101 Å². The first-order chi connectivity index (χ1) is 8.06. The fraction of sp³-hybridized carbons (Fsp3) is 0.333. The number of nitrogens with one attached hydrogen (secondary N) is 2. The third-order valence-corrected chi connectivity index (χ3v) is 2.56. The van der Waals surface area contributed by atoms with Crippen molar-refractivity contribution in [2.45, 2.75) is 12.5 Å². The van der Waals surface area contributed by atoms with Crippen molar-refractivity contribution in [3.8, 4) is 0 Å². The molecule has 0 spiro atoms. The molecule has 7 nitrogen and oxygen atoms in total. The standard InChI is InChI=1S/C9H9ClN4O3/c10-5-1-7(14(16)17)9(12-3-5)13-6-2-8(15)11-4-6/h1,3,6H,2,4H2,(H,11,15)(H,12,13). The number of nitro groups is 1. The quantitative estimate of drug-likeness (QED) is 0.620. The van der Waals surface area contributed by atoms with E-state index in [0.717, 1.165) is 0 Å². The van der Waals surface area contributed by atoms with Gasteiger partial charge in [-0.2, -0.15) is 0 Å². The highest BCUT2D eigenvalue weighted by Gasteiger charge is 2.25. The lowest BCUT2D eigenvalue weighted by atomic mass is 10.2. The molecule has 1 atom stereocenters. The second-order valence-electron chi connectivity index (χ2n) is 3.63. The third kappa shape index (κ3) is 2.62. The zero-order chi connectivity index (χ0) is 12.4. The van der Waals surface area contributed by atoms with Crippen molar-refractivity contribution in [3.05, 3.63) is 27.4 Å². The van der Waals surface area contributed by atoms with Crippen molar-refractivity contribution < 1.29 is 9.72 Å². The molecule has 0 aromatic carbocycles. The van der Waals surface area contributed by atoms with Crippen molar-refractivity contribution in [1.82, 2.24) is 10.3 Å². The molecule has 1 aliphatic rings. The van der Waals surface area contributed by atoms with Crippen molar-refractivity contribution >= 4 is 29.0 Å². The van der Waals surface area contributed by atoms with Gasteiger partial charge >= 0.3 is 5.69 Å². The highest BCUT2D eigenvalue weighted by molar-refractivity contribution is 6.30. The molecule has 0 bridgehead atoms. The van der Waals surface area contributed by atoms with E-state index < -0.39 is 4.92 Å². The number of aromatic nitrogens is 1. The lowest BCUT2D eigenvalue weighted by molar-refractivity contribution is -0.384. The number of rotatable bonds is 3. The zero-order valence-corrected chi connectivity index (χ0v) is 9.40. The van der Waals surface area contributed by atoms with E-state index in [0.29, 0.717) is 6.54 Å². The first kappa shape index (κ1) is 11.6. The molecule has 8 heteroatoms. The minimum absolute atomic E-state index is 0.0842. The zero-order valence-electron chi connectivity index (χ0n) is 8.64. The van der Waals surface area contributed by atoms with E-state index in [-0.39, 0.29) is 34.9 Å². The second kappa shape index (κ2) is 4.54. The Bertz CT molecular complexity index is 479. The molecule has 1 unspecified atom stereocenters. The molecular formula is C9H9ClN4O3. The summed E-state index contributed by atoms with van der Waals surface area (Å²) < 4.78 is 0. The summed E-state index contributed by atoms with van der Waals surface area (Å²) in [7, 11) is 0. The fourth-order valence-corrected chi connectivity index (χ4v) is 1.73. The molecule has 2 heterocycles. The normalized spacial score (nSPS) is 18.9. The van der Waals surface area contributed by atoms with E-state index >= 15 is 0 Å². The summed E-state index contributed by atoms with van der Waals surface area (Å²) in [4.78, 5) is 25.1. The molecule has 1 saturated heterocycles. The number of hydrogen-bond acceptors (Lipinski definition) is 5. The Morgan fingerprint density at radius 1 is 1.65 bits per heavy atom. The van der Waals surface area contributed by atoms with Crippen molar-refractivity contribution in [1.29, 1.82) is 0 Å². The Morgan fingerprint density at radius 3 is 3.00 bits per heavy atom. The Kier molecular flexibility index (Phi) is 3.10. The van der Waals surface area contributed by atoms with E-state index in [1.54, 1.807) is 0 Å². The first-order valence-corrected chi connectivity index (χ1v) is 5.27. The van der Waals surface area contributed by atoms with Crippen LogP contribution in [0.4, 0.5) is 11.5 Å². The minimum Gasteiger partial charge on any atom is -0.359 e. The third-order valence-electron chi connectivity index (χ3n) is 2.35. The van der Waals surface area contributed by atoms with Crippen LogP contribution in [0.2, 0.25) is 5.02 Å². The molecule has 1 aliphatic heterocycles. The van der Waals surface area contributed by atoms with Gasteiger partial charge in [0, 0.05) is 25.2 Å². The van der Waals surface area contributed by atoms with Gasteiger partial charge in [0.25, 0.3) is 0 Å².